The molecular formula is C14H12FN3S3. The molecular weight excluding hydrogens is 325 g/mol. The van der Waals surface area contributed by atoms with Crippen molar-refractivity contribution in [3.63, 3.8) is 0 Å². The lowest BCUT2D eigenvalue weighted by atomic mass is 10.1. The minimum atomic E-state index is -0.438. The van der Waals surface area contributed by atoms with Gasteiger partial charge in [-0.2, -0.15) is 4.39 Å². The standard InChI is InChI=1S/C14H12FN3S3/c1-16-8-9-7-11(10-3-2-4-17-12(10)15)13(20-9)21-14-18-5-6-19-14/h2-7,16H,8H2,1H3. The lowest BCUT2D eigenvalue weighted by Gasteiger charge is -2.02. The molecule has 3 nitrogen and oxygen atoms in total. The van der Waals surface area contributed by atoms with Crippen molar-refractivity contribution in [3.05, 3.63) is 46.8 Å². The average molecular weight is 337 g/mol. The van der Waals surface area contributed by atoms with Crippen molar-refractivity contribution < 1.29 is 4.39 Å². The van der Waals surface area contributed by atoms with Gasteiger partial charge in [0.15, 0.2) is 4.34 Å². The molecule has 0 aliphatic rings. The first-order valence-electron chi connectivity index (χ1n) is 6.23. The van der Waals surface area contributed by atoms with E-state index in [9.17, 15) is 4.39 Å². The van der Waals surface area contributed by atoms with Crippen molar-refractivity contribution in [2.45, 2.75) is 15.1 Å². The van der Waals surface area contributed by atoms with Crippen LogP contribution in [0.3, 0.4) is 0 Å². The normalized spacial score (nSPS) is 11.0. The number of hydrogen-bond acceptors (Lipinski definition) is 6. The largest absolute Gasteiger partial charge is 0.315 e. The molecule has 108 valence electrons. The molecule has 0 amide bonds. The van der Waals surface area contributed by atoms with Crippen LogP contribution in [0.25, 0.3) is 11.1 Å². The number of nitrogens with zero attached hydrogens (tertiary/aromatic N) is 2. The van der Waals surface area contributed by atoms with Crippen LogP contribution in [-0.4, -0.2) is 17.0 Å². The van der Waals surface area contributed by atoms with Gasteiger partial charge in [0.05, 0.1) is 4.21 Å². The Labute approximate surface area is 134 Å². The molecule has 0 saturated carbocycles. The Bertz CT molecular complexity index is 725. The summed E-state index contributed by atoms with van der Waals surface area (Å²) >= 11 is 4.82. The van der Waals surface area contributed by atoms with Crippen LogP contribution in [0, 0.1) is 5.95 Å². The van der Waals surface area contributed by atoms with Gasteiger partial charge in [0.2, 0.25) is 5.95 Å². The zero-order valence-electron chi connectivity index (χ0n) is 11.2. The van der Waals surface area contributed by atoms with E-state index in [0.29, 0.717) is 5.56 Å². The van der Waals surface area contributed by atoms with Gasteiger partial charge in [0.1, 0.15) is 0 Å². The van der Waals surface area contributed by atoms with Crippen LogP contribution in [-0.2, 0) is 6.54 Å². The van der Waals surface area contributed by atoms with Crippen LogP contribution in [0.2, 0.25) is 0 Å². The smallest absolute Gasteiger partial charge is 0.220 e. The molecule has 0 saturated heterocycles. The summed E-state index contributed by atoms with van der Waals surface area (Å²) in [5.41, 5.74) is 1.42. The Morgan fingerprint density at radius 1 is 1.29 bits per heavy atom. The van der Waals surface area contributed by atoms with Crippen molar-refractivity contribution in [2.24, 2.45) is 0 Å². The third-order valence-electron chi connectivity index (χ3n) is 2.74. The number of rotatable bonds is 5. The van der Waals surface area contributed by atoms with Crippen LogP contribution < -0.4 is 5.32 Å². The summed E-state index contributed by atoms with van der Waals surface area (Å²) in [5.74, 6) is -0.438. The third-order valence-corrected chi connectivity index (χ3v) is 5.96. The van der Waals surface area contributed by atoms with Crippen molar-refractivity contribution in [1.29, 1.82) is 0 Å². The highest BCUT2D eigenvalue weighted by molar-refractivity contribution is 8.02. The SMILES string of the molecule is CNCc1cc(-c2cccnc2F)c(Sc2nccs2)s1. The van der Waals surface area contributed by atoms with E-state index < -0.39 is 5.95 Å². The highest BCUT2D eigenvalue weighted by Crippen LogP contribution is 2.43. The molecule has 0 spiro atoms. The number of nitrogens with one attached hydrogen (secondary N) is 1. The van der Waals surface area contributed by atoms with Gasteiger partial charge < -0.3 is 5.32 Å². The third kappa shape index (κ3) is 3.32. The summed E-state index contributed by atoms with van der Waals surface area (Å²) in [7, 11) is 1.90. The maximum Gasteiger partial charge on any atom is 0.220 e. The van der Waals surface area contributed by atoms with E-state index >= 15 is 0 Å². The van der Waals surface area contributed by atoms with E-state index in [1.54, 1.807) is 52.8 Å². The Morgan fingerprint density at radius 3 is 2.90 bits per heavy atom. The van der Waals surface area contributed by atoms with Crippen LogP contribution in [0.15, 0.2) is 44.5 Å². The molecule has 3 rings (SSSR count). The Morgan fingerprint density at radius 2 is 2.19 bits per heavy atom. The fourth-order valence-electron chi connectivity index (χ4n) is 1.88. The predicted molar refractivity (Wildman–Crippen MR) is 86.5 cm³/mol. The maximum atomic E-state index is 14.0. The molecule has 1 N–H and O–H groups in total. The van der Waals surface area contributed by atoms with Crippen LogP contribution in [0.5, 0.6) is 0 Å². The van der Waals surface area contributed by atoms with E-state index in [4.69, 9.17) is 0 Å². The van der Waals surface area contributed by atoms with Gasteiger partial charge >= 0.3 is 0 Å². The molecule has 0 aliphatic heterocycles. The van der Waals surface area contributed by atoms with Gasteiger partial charge in [-0.25, -0.2) is 9.97 Å². The van der Waals surface area contributed by atoms with Gasteiger partial charge in [0, 0.05) is 40.3 Å². The molecule has 7 heteroatoms. The first-order valence-corrected chi connectivity index (χ1v) is 8.74. The number of hydrogen-bond donors (Lipinski definition) is 1. The van der Waals surface area contributed by atoms with Crippen LogP contribution in [0.1, 0.15) is 4.88 Å². The molecule has 21 heavy (non-hydrogen) atoms. The summed E-state index contributed by atoms with van der Waals surface area (Å²) in [6.07, 6.45) is 3.24. The average Bonchev–Trinajstić information content (AvgIpc) is 3.11. The zero-order chi connectivity index (χ0) is 14.7. The monoisotopic (exact) mass is 337 g/mol. The topological polar surface area (TPSA) is 37.8 Å². The second-order valence-corrected chi connectivity index (χ2v) is 7.73. The van der Waals surface area contributed by atoms with Gasteiger partial charge in [-0.05, 0) is 37.0 Å². The predicted octanol–water partition coefficient (Wildman–Crippen LogP) is 4.28. The summed E-state index contributed by atoms with van der Waals surface area (Å²) < 4.78 is 16.0. The van der Waals surface area contributed by atoms with Crippen molar-refractivity contribution in [1.82, 2.24) is 15.3 Å². The Balaban J connectivity index is 2.03. The van der Waals surface area contributed by atoms with E-state index in [1.807, 2.05) is 18.5 Å². The fourth-order valence-corrected chi connectivity index (χ4v) is 5.19. The second kappa shape index (κ2) is 6.65. The molecule has 0 atom stereocenters. The van der Waals surface area contributed by atoms with Crippen molar-refractivity contribution in [2.75, 3.05) is 7.05 Å². The minimum Gasteiger partial charge on any atom is -0.315 e. The molecule has 0 unspecified atom stereocenters. The first-order chi connectivity index (χ1) is 10.3. The molecule has 3 heterocycles. The Hall–Kier alpha value is -1.28. The van der Waals surface area contributed by atoms with E-state index in [0.717, 1.165) is 25.5 Å². The van der Waals surface area contributed by atoms with Crippen LogP contribution in [0.4, 0.5) is 4.39 Å². The molecule has 0 bridgehead atoms. The number of aromatic nitrogens is 2. The van der Waals surface area contributed by atoms with Gasteiger partial charge in [-0.3, -0.25) is 0 Å². The number of thiazole rings is 1. The summed E-state index contributed by atoms with van der Waals surface area (Å²) in [6, 6.07) is 5.54. The molecule has 0 radical (unpaired) electrons. The molecule has 0 fully saturated rings. The highest BCUT2D eigenvalue weighted by atomic mass is 32.2. The lowest BCUT2D eigenvalue weighted by molar-refractivity contribution is 0.587. The molecule has 0 aliphatic carbocycles. The quantitative estimate of drug-likeness (QED) is 0.705. The summed E-state index contributed by atoms with van der Waals surface area (Å²) in [4.78, 5) is 9.20. The van der Waals surface area contributed by atoms with Crippen LogP contribution >= 0.6 is 34.4 Å². The fraction of sp³-hybridized carbons (Fsp3) is 0.143. The van der Waals surface area contributed by atoms with Gasteiger partial charge in [0.25, 0.3) is 0 Å². The van der Waals surface area contributed by atoms with Crippen molar-refractivity contribution >= 4 is 34.4 Å². The van der Waals surface area contributed by atoms with E-state index in [1.165, 1.54) is 6.20 Å². The Kier molecular flexibility index (Phi) is 4.64. The summed E-state index contributed by atoms with van der Waals surface area (Å²) in [6.45, 7) is 0.762. The lowest BCUT2D eigenvalue weighted by Crippen LogP contribution is -2.02. The molecule has 3 aromatic heterocycles. The number of pyridine rings is 1. The van der Waals surface area contributed by atoms with Gasteiger partial charge in [-0.1, -0.05) is 0 Å². The first kappa shape index (κ1) is 14.6. The molecule has 0 aromatic carbocycles. The van der Waals surface area contributed by atoms with E-state index in [2.05, 4.69) is 15.3 Å². The molecule has 3 aromatic rings. The number of thiophene rings is 1. The zero-order valence-corrected chi connectivity index (χ0v) is 13.6. The minimum absolute atomic E-state index is 0.438. The van der Waals surface area contributed by atoms with E-state index in [-0.39, 0.29) is 0 Å². The van der Waals surface area contributed by atoms with Gasteiger partial charge in [-0.15, -0.1) is 22.7 Å². The summed E-state index contributed by atoms with van der Waals surface area (Å²) in [5, 5.41) is 5.07. The highest BCUT2D eigenvalue weighted by Gasteiger charge is 2.16. The number of halogens is 1. The maximum absolute atomic E-state index is 14.0. The second-order valence-electron chi connectivity index (χ2n) is 4.19. The van der Waals surface area contributed by atoms with Crippen molar-refractivity contribution in [3.8, 4) is 11.1 Å².